The molecular weight excluding hydrogens is 194 g/mol. The number of hydrogen-bond acceptors (Lipinski definition) is 3. The van der Waals surface area contributed by atoms with Crippen LogP contribution >= 0.6 is 11.8 Å². The maximum Gasteiger partial charge on any atom is 0.133 e. The van der Waals surface area contributed by atoms with Gasteiger partial charge in [0.25, 0.3) is 0 Å². The SMILES string of the molecule is CC1CSCCN1C1CCC(=O)CC1. The highest BCUT2D eigenvalue weighted by atomic mass is 32.2. The van der Waals surface area contributed by atoms with Gasteiger partial charge in [0.15, 0.2) is 0 Å². The lowest BCUT2D eigenvalue weighted by Gasteiger charge is -2.40. The van der Waals surface area contributed by atoms with Crippen LogP contribution in [0.2, 0.25) is 0 Å². The predicted molar refractivity (Wildman–Crippen MR) is 60.8 cm³/mol. The van der Waals surface area contributed by atoms with Crippen molar-refractivity contribution in [3.63, 3.8) is 0 Å². The molecule has 1 atom stereocenters. The summed E-state index contributed by atoms with van der Waals surface area (Å²) in [7, 11) is 0. The van der Waals surface area contributed by atoms with Crippen LogP contribution in [0.1, 0.15) is 32.6 Å². The summed E-state index contributed by atoms with van der Waals surface area (Å²) in [6.45, 7) is 3.55. The van der Waals surface area contributed by atoms with Crippen molar-refractivity contribution in [3.05, 3.63) is 0 Å². The van der Waals surface area contributed by atoms with E-state index in [-0.39, 0.29) is 0 Å². The van der Waals surface area contributed by atoms with Gasteiger partial charge in [-0.3, -0.25) is 9.69 Å². The smallest absolute Gasteiger partial charge is 0.133 e. The molecule has 3 heteroatoms. The van der Waals surface area contributed by atoms with Crippen LogP contribution in [-0.2, 0) is 4.79 Å². The Kier molecular flexibility index (Phi) is 3.50. The third-order valence-electron chi connectivity index (χ3n) is 3.40. The highest BCUT2D eigenvalue weighted by Gasteiger charge is 2.29. The Morgan fingerprint density at radius 2 is 2.07 bits per heavy atom. The summed E-state index contributed by atoms with van der Waals surface area (Å²) in [5.41, 5.74) is 0. The van der Waals surface area contributed by atoms with E-state index in [4.69, 9.17) is 0 Å². The average molecular weight is 213 g/mol. The first-order valence-corrected chi connectivity index (χ1v) is 6.78. The highest BCUT2D eigenvalue weighted by molar-refractivity contribution is 7.99. The van der Waals surface area contributed by atoms with Gasteiger partial charge in [-0.25, -0.2) is 0 Å². The summed E-state index contributed by atoms with van der Waals surface area (Å²) < 4.78 is 0. The van der Waals surface area contributed by atoms with Crippen molar-refractivity contribution in [2.45, 2.75) is 44.7 Å². The highest BCUT2D eigenvalue weighted by Crippen LogP contribution is 2.26. The Balaban J connectivity index is 1.90. The van der Waals surface area contributed by atoms with E-state index >= 15 is 0 Å². The van der Waals surface area contributed by atoms with Gasteiger partial charge in [-0.1, -0.05) is 0 Å². The molecule has 0 aromatic carbocycles. The van der Waals surface area contributed by atoms with Crippen molar-refractivity contribution in [2.24, 2.45) is 0 Å². The third kappa shape index (κ3) is 2.31. The van der Waals surface area contributed by atoms with Crippen molar-refractivity contribution in [1.29, 1.82) is 0 Å². The number of carbonyl (C=O) groups excluding carboxylic acids is 1. The van der Waals surface area contributed by atoms with E-state index in [0.717, 1.165) is 25.7 Å². The minimum absolute atomic E-state index is 0.472. The summed E-state index contributed by atoms with van der Waals surface area (Å²) in [5.74, 6) is 3.01. The third-order valence-corrected chi connectivity index (χ3v) is 4.59. The predicted octanol–water partition coefficient (Wildman–Crippen LogP) is 1.94. The van der Waals surface area contributed by atoms with Crippen LogP contribution in [0.15, 0.2) is 0 Å². The Morgan fingerprint density at radius 1 is 1.36 bits per heavy atom. The van der Waals surface area contributed by atoms with E-state index in [2.05, 4.69) is 23.6 Å². The van der Waals surface area contributed by atoms with E-state index in [0.29, 0.717) is 17.9 Å². The van der Waals surface area contributed by atoms with Gasteiger partial charge in [0.05, 0.1) is 0 Å². The van der Waals surface area contributed by atoms with Gasteiger partial charge in [-0.15, -0.1) is 0 Å². The molecule has 2 aliphatic rings. The zero-order chi connectivity index (χ0) is 9.97. The molecule has 0 radical (unpaired) electrons. The number of nitrogens with zero attached hydrogens (tertiary/aromatic N) is 1. The second-order valence-corrected chi connectivity index (χ2v) is 5.58. The number of carbonyl (C=O) groups is 1. The maximum absolute atomic E-state index is 11.2. The van der Waals surface area contributed by atoms with Gasteiger partial charge in [-0.05, 0) is 19.8 Å². The molecule has 0 aromatic heterocycles. The number of hydrogen-bond donors (Lipinski definition) is 0. The molecule has 2 nitrogen and oxygen atoms in total. The number of Topliss-reactive ketones (excluding diaryl/α,β-unsaturated/α-hetero) is 1. The topological polar surface area (TPSA) is 20.3 Å². The van der Waals surface area contributed by atoms with Gasteiger partial charge in [0.1, 0.15) is 5.78 Å². The Bertz CT molecular complexity index is 209. The van der Waals surface area contributed by atoms with Crippen LogP contribution in [0, 0.1) is 0 Å². The average Bonchev–Trinajstić information content (AvgIpc) is 2.20. The van der Waals surface area contributed by atoms with Crippen LogP contribution in [0.3, 0.4) is 0 Å². The first-order chi connectivity index (χ1) is 6.77. The molecule has 0 aromatic rings. The van der Waals surface area contributed by atoms with Crippen molar-refractivity contribution >= 4 is 17.5 Å². The monoisotopic (exact) mass is 213 g/mol. The molecule has 0 N–H and O–H groups in total. The fraction of sp³-hybridized carbons (Fsp3) is 0.909. The van der Waals surface area contributed by atoms with Crippen LogP contribution in [-0.4, -0.2) is 40.8 Å². The largest absolute Gasteiger partial charge is 0.300 e. The van der Waals surface area contributed by atoms with Crippen molar-refractivity contribution in [1.82, 2.24) is 4.90 Å². The van der Waals surface area contributed by atoms with Gasteiger partial charge >= 0.3 is 0 Å². The molecule has 2 fully saturated rings. The lowest BCUT2D eigenvalue weighted by atomic mass is 9.92. The lowest BCUT2D eigenvalue weighted by Crippen LogP contribution is -2.48. The Morgan fingerprint density at radius 3 is 2.71 bits per heavy atom. The van der Waals surface area contributed by atoms with E-state index < -0.39 is 0 Å². The van der Waals surface area contributed by atoms with Crippen LogP contribution < -0.4 is 0 Å². The van der Waals surface area contributed by atoms with Gasteiger partial charge < -0.3 is 0 Å². The molecule has 14 heavy (non-hydrogen) atoms. The molecule has 1 heterocycles. The molecule has 1 aliphatic carbocycles. The summed E-state index contributed by atoms with van der Waals surface area (Å²) in [6.07, 6.45) is 3.85. The summed E-state index contributed by atoms with van der Waals surface area (Å²) in [5, 5.41) is 0. The molecule has 80 valence electrons. The molecule has 1 saturated carbocycles. The quantitative estimate of drug-likeness (QED) is 0.664. The second-order valence-electron chi connectivity index (χ2n) is 4.43. The second kappa shape index (κ2) is 4.67. The summed E-state index contributed by atoms with van der Waals surface area (Å²) in [4.78, 5) is 13.8. The minimum Gasteiger partial charge on any atom is -0.300 e. The van der Waals surface area contributed by atoms with Crippen molar-refractivity contribution in [2.75, 3.05) is 18.1 Å². The van der Waals surface area contributed by atoms with Crippen LogP contribution in [0.5, 0.6) is 0 Å². The molecular formula is C11H19NOS. The Hall–Kier alpha value is -0.0200. The van der Waals surface area contributed by atoms with Gasteiger partial charge in [0.2, 0.25) is 0 Å². The molecule has 0 amide bonds. The van der Waals surface area contributed by atoms with E-state index in [1.54, 1.807) is 0 Å². The minimum atomic E-state index is 0.472. The summed E-state index contributed by atoms with van der Waals surface area (Å²) >= 11 is 2.06. The van der Waals surface area contributed by atoms with E-state index in [1.807, 2.05) is 0 Å². The maximum atomic E-state index is 11.2. The lowest BCUT2D eigenvalue weighted by molar-refractivity contribution is -0.121. The fourth-order valence-electron chi connectivity index (χ4n) is 2.54. The van der Waals surface area contributed by atoms with Crippen molar-refractivity contribution < 1.29 is 4.79 Å². The zero-order valence-electron chi connectivity index (χ0n) is 8.87. The summed E-state index contributed by atoms with van der Waals surface area (Å²) in [6, 6.07) is 1.41. The molecule has 0 bridgehead atoms. The normalized spacial score (nSPS) is 32.1. The molecule has 1 unspecified atom stereocenters. The molecule has 1 aliphatic heterocycles. The fourth-order valence-corrected chi connectivity index (χ4v) is 3.58. The van der Waals surface area contributed by atoms with Crippen molar-refractivity contribution in [3.8, 4) is 0 Å². The van der Waals surface area contributed by atoms with E-state index in [9.17, 15) is 4.79 Å². The zero-order valence-corrected chi connectivity index (χ0v) is 9.68. The number of ketones is 1. The molecule has 1 saturated heterocycles. The van der Waals surface area contributed by atoms with Crippen LogP contribution in [0.4, 0.5) is 0 Å². The van der Waals surface area contributed by atoms with E-state index in [1.165, 1.54) is 18.1 Å². The van der Waals surface area contributed by atoms with Crippen LogP contribution in [0.25, 0.3) is 0 Å². The van der Waals surface area contributed by atoms with Gasteiger partial charge in [-0.2, -0.15) is 11.8 Å². The first-order valence-electron chi connectivity index (χ1n) is 5.62. The number of rotatable bonds is 1. The molecule has 2 rings (SSSR count). The number of thioether (sulfide) groups is 1. The van der Waals surface area contributed by atoms with Gasteiger partial charge in [0, 0.05) is 43.0 Å². The first kappa shape index (κ1) is 10.5. The Labute approximate surface area is 90.4 Å². The molecule has 0 spiro atoms. The standard InChI is InChI=1S/C11H19NOS/c1-9-8-14-7-6-12(9)10-2-4-11(13)5-3-10/h9-10H,2-8H2,1H3.